The highest BCUT2D eigenvalue weighted by molar-refractivity contribution is 5.81. The molecule has 0 radical (unpaired) electrons. The zero-order valence-electron chi connectivity index (χ0n) is 18.1. The number of rotatable bonds is 5. The molecule has 0 aromatic carbocycles. The summed E-state index contributed by atoms with van der Waals surface area (Å²) in [5, 5.41) is 0. The average Bonchev–Trinajstić information content (AvgIpc) is 3.52. The summed E-state index contributed by atoms with van der Waals surface area (Å²) in [5.41, 5.74) is 8.03. The van der Waals surface area contributed by atoms with Crippen LogP contribution < -0.4 is 15.8 Å². The number of carbonyl (C=O) groups excluding carboxylic acids is 1. The number of fused-ring (bicyclic) bond motifs is 1. The molecule has 164 valence electrons. The zero-order chi connectivity index (χ0) is 20.7. The fourth-order valence-electron chi connectivity index (χ4n) is 5.27. The third-order valence-corrected chi connectivity index (χ3v) is 7.00. The molecular formula is C22H34N6O2. The molecule has 4 unspecified atom stereocenters. The van der Waals surface area contributed by atoms with Gasteiger partial charge in [-0.2, -0.15) is 0 Å². The molecule has 3 heterocycles. The van der Waals surface area contributed by atoms with Crippen molar-refractivity contribution in [3.8, 4) is 0 Å². The van der Waals surface area contributed by atoms with Crippen LogP contribution in [0.2, 0.25) is 0 Å². The van der Waals surface area contributed by atoms with Crippen LogP contribution in [-0.2, 0) is 9.53 Å². The van der Waals surface area contributed by atoms with Crippen molar-refractivity contribution in [2.45, 2.75) is 70.2 Å². The smallest absolute Gasteiger partial charge is 0.225 e. The topological polar surface area (TPSA) is 82.6 Å². The van der Waals surface area contributed by atoms with Gasteiger partial charge in [0.15, 0.2) is 0 Å². The number of ether oxygens (including phenoxy) is 1. The summed E-state index contributed by atoms with van der Waals surface area (Å²) in [6.45, 7) is 7.48. The monoisotopic (exact) mass is 414 g/mol. The third kappa shape index (κ3) is 4.18. The molecule has 2 saturated heterocycles. The van der Waals surface area contributed by atoms with E-state index in [1.165, 1.54) is 0 Å². The van der Waals surface area contributed by atoms with Crippen molar-refractivity contribution in [1.29, 1.82) is 0 Å². The second kappa shape index (κ2) is 8.40. The van der Waals surface area contributed by atoms with Gasteiger partial charge in [0.1, 0.15) is 12.1 Å². The molecule has 8 heteroatoms. The van der Waals surface area contributed by atoms with Gasteiger partial charge in [0.25, 0.3) is 0 Å². The Bertz CT molecular complexity index is 762. The second-order valence-corrected chi connectivity index (χ2v) is 9.54. The molecule has 4 aliphatic rings. The Morgan fingerprint density at radius 1 is 1.10 bits per heavy atom. The average molecular weight is 415 g/mol. The minimum atomic E-state index is 0.174. The molecule has 2 aliphatic carbocycles. The van der Waals surface area contributed by atoms with Gasteiger partial charge in [0, 0.05) is 50.1 Å². The summed E-state index contributed by atoms with van der Waals surface area (Å²) in [6, 6.07) is 2.78. The quantitative estimate of drug-likeness (QED) is 0.758. The lowest BCUT2D eigenvalue weighted by atomic mass is 9.79. The Morgan fingerprint density at radius 2 is 1.90 bits per heavy atom. The summed E-state index contributed by atoms with van der Waals surface area (Å²) in [4.78, 5) is 25.8. The molecule has 30 heavy (non-hydrogen) atoms. The van der Waals surface area contributed by atoms with Crippen molar-refractivity contribution in [3.05, 3.63) is 18.1 Å². The van der Waals surface area contributed by atoms with Gasteiger partial charge >= 0.3 is 0 Å². The van der Waals surface area contributed by atoms with Crippen molar-refractivity contribution >= 4 is 11.7 Å². The highest BCUT2D eigenvalue weighted by Crippen LogP contribution is 2.39. The van der Waals surface area contributed by atoms with E-state index in [0.717, 1.165) is 69.8 Å². The highest BCUT2D eigenvalue weighted by Gasteiger charge is 2.42. The summed E-state index contributed by atoms with van der Waals surface area (Å²) < 4.78 is 6.12. The van der Waals surface area contributed by atoms with Crippen LogP contribution in [0.15, 0.2) is 12.4 Å². The van der Waals surface area contributed by atoms with Crippen LogP contribution in [0, 0.1) is 11.8 Å². The predicted octanol–water partition coefficient (Wildman–Crippen LogP) is 1.65. The largest absolute Gasteiger partial charge is 0.376 e. The minimum Gasteiger partial charge on any atom is -0.376 e. The van der Waals surface area contributed by atoms with E-state index in [1.54, 1.807) is 6.33 Å². The molecule has 2 N–H and O–H groups in total. The number of hydrogen-bond donors (Lipinski definition) is 2. The van der Waals surface area contributed by atoms with E-state index in [2.05, 4.69) is 45.6 Å². The maximum atomic E-state index is 12.3. The fourth-order valence-corrected chi connectivity index (χ4v) is 5.27. The van der Waals surface area contributed by atoms with E-state index in [1.807, 2.05) is 4.90 Å². The molecular weight excluding hydrogens is 380 g/mol. The first-order chi connectivity index (χ1) is 14.6. The van der Waals surface area contributed by atoms with Crippen LogP contribution in [-0.4, -0.2) is 65.2 Å². The number of nitrogens with one attached hydrogen (secondary N) is 2. The van der Waals surface area contributed by atoms with Crippen molar-refractivity contribution in [2.75, 3.05) is 31.1 Å². The number of nitrogens with zero attached hydrogens (tertiary/aromatic N) is 4. The van der Waals surface area contributed by atoms with Gasteiger partial charge < -0.3 is 14.5 Å². The number of hydrazine groups is 1. The first-order valence-electron chi connectivity index (χ1n) is 11.6. The summed E-state index contributed by atoms with van der Waals surface area (Å²) in [7, 11) is 0. The fraction of sp³-hybridized carbons (Fsp3) is 0.773. The Kier molecular flexibility index (Phi) is 5.64. The van der Waals surface area contributed by atoms with Gasteiger partial charge in [0.05, 0.1) is 23.9 Å². The first-order valence-corrected chi connectivity index (χ1v) is 11.6. The van der Waals surface area contributed by atoms with E-state index < -0.39 is 0 Å². The Morgan fingerprint density at radius 3 is 2.63 bits per heavy atom. The molecule has 2 saturated carbocycles. The Balaban J connectivity index is 1.24. The zero-order valence-corrected chi connectivity index (χ0v) is 18.1. The number of piperazine rings is 1. The Labute approximate surface area is 178 Å². The number of amides is 1. The first kappa shape index (κ1) is 20.2. The maximum Gasteiger partial charge on any atom is 0.225 e. The summed E-state index contributed by atoms with van der Waals surface area (Å²) in [5.74, 6) is 2.09. The highest BCUT2D eigenvalue weighted by atomic mass is 16.5. The second-order valence-electron chi connectivity index (χ2n) is 9.54. The molecule has 2 aliphatic heterocycles. The lowest BCUT2D eigenvalue weighted by Gasteiger charge is -2.36. The van der Waals surface area contributed by atoms with E-state index in [-0.39, 0.29) is 12.1 Å². The number of hydrogen-bond acceptors (Lipinski definition) is 7. The third-order valence-electron chi connectivity index (χ3n) is 7.00. The molecule has 1 aromatic rings. The van der Waals surface area contributed by atoms with E-state index in [4.69, 9.17) is 4.74 Å². The van der Waals surface area contributed by atoms with Crippen molar-refractivity contribution in [3.63, 3.8) is 0 Å². The molecule has 0 bridgehead atoms. The molecule has 8 nitrogen and oxygen atoms in total. The van der Waals surface area contributed by atoms with Gasteiger partial charge in [-0.25, -0.2) is 15.4 Å². The van der Waals surface area contributed by atoms with Crippen LogP contribution in [0.25, 0.3) is 0 Å². The van der Waals surface area contributed by atoms with Gasteiger partial charge in [-0.15, -0.1) is 0 Å². The molecule has 4 fully saturated rings. The van der Waals surface area contributed by atoms with E-state index >= 15 is 0 Å². The SMILES string of the molecule is CC(C)OC1CCC2NNC(c3cc(N4CCN(C(=O)C5CC5)CC4)ncn3)C2C1. The number of aromatic nitrogens is 2. The lowest BCUT2D eigenvalue weighted by molar-refractivity contribution is -0.132. The van der Waals surface area contributed by atoms with Crippen LogP contribution in [0.1, 0.15) is 57.7 Å². The van der Waals surface area contributed by atoms with Gasteiger partial charge in [0.2, 0.25) is 5.91 Å². The van der Waals surface area contributed by atoms with E-state index in [9.17, 15) is 4.79 Å². The van der Waals surface area contributed by atoms with Crippen LogP contribution in [0.4, 0.5) is 5.82 Å². The van der Waals surface area contributed by atoms with Crippen LogP contribution in [0.5, 0.6) is 0 Å². The molecule has 1 aromatic heterocycles. The number of carbonyl (C=O) groups is 1. The molecule has 1 amide bonds. The van der Waals surface area contributed by atoms with Gasteiger partial charge in [-0.05, 0) is 46.0 Å². The van der Waals surface area contributed by atoms with Crippen LogP contribution in [0.3, 0.4) is 0 Å². The van der Waals surface area contributed by atoms with Crippen LogP contribution >= 0.6 is 0 Å². The maximum absolute atomic E-state index is 12.3. The minimum absolute atomic E-state index is 0.174. The van der Waals surface area contributed by atoms with Crippen molar-refractivity contribution < 1.29 is 9.53 Å². The van der Waals surface area contributed by atoms with Crippen molar-refractivity contribution in [2.24, 2.45) is 11.8 Å². The number of anilines is 1. The Hall–Kier alpha value is -1.77. The standard InChI is InChI=1S/C22H34N6O2/c1-14(2)30-16-5-6-18-17(11-16)21(26-25-18)19-12-20(24-13-23-19)27-7-9-28(10-8-27)22(29)15-3-4-15/h12-18,21,25-26H,3-11H2,1-2H3. The van der Waals surface area contributed by atoms with Gasteiger partial charge in [-0.3, -0.25) is 10.2 Å². The molecule has 0 spiro atoms. The summed E-state index contributed by atoms with van der Waals surface area (Å²) >= 11 is 0. The molecule has 4 atom stereocenters. The molecule has 5 rings (SSSR count). The summed E-state index contributed by atoms with van der Waals surface area (Å²) in [6.07, 6.45) is 7.71. The van der Waals surface area contributed by atoms with Gasteiger partial charge in [-0.1, -0.05) is 0 Å². The normalized spacial score (nSPS) is 31.8. The predicted molar refractivity (Wildman–Crippen MR) is 114 cm³/mol. The van der Waals surface area contributed by atoms with Crippen molar-refractivity contribution in [1.82, 2.24) is 25.7 Å². The lowest BCUT2D eigenvalue weighted by Crippen LogP contribution is -2.49. The van der Waals surface area contributed by atoms with E-state index in [0.29, 0.717) is 29.9 Å².